The van der Waals surface area contributed by atoms with Crippen LogP contribution in [0.3, 0.4) is 0 Å². The maximum Gasteiger partial charge on any atom is 0.0561 e. The molecule has 1 unspecified atom stereocenters. The molecule has 0 aliphatic carbocycles. The van der Waals surface area contributed by atoms with Crippen molar-refractivity contribution in [2.75, 3.05) is 7.05 Å². The van der Waals surface area contributed by atoms with Gasteiger partial charge in [0, 0.05) is 10.9 Å². The zero-order valence-electron chi connectivity index (χ0n) is 9.23. The topological polar surface area (TPSA) is 12.0 Å². The molecule has 0 amide bonds. The predicted octanol–water partition coefficient (Wildman–Crippen LogP) is 4.10. The third-order valence-corrected chi connectivity index (χ3v) is 3.60. The van der Waals surface area contributed by atoms with E-state index in [9.17, 15) is 0 Å². The summed E-state index contributed by atoms with van der Waals surface area (Å²) in [4.78, 5) is 1.25. The highest BCUT2D eigenvalue weighted by molar-refractivity contribution is 7.10. The smallest absolute Gasteiger partial charge is 0.0561 e. The summed E-state index contributed by atoms with van der Waals surface area (Å²) in [6, 6.07) is 2.34. The number of rotatable bonds is 3. The Bertz CT molecular complexity index is 288. The Morgan fingerprint density at radius 3 is 2.50 bits per heavy atom. The molecule has 0 spiro atoms. The molecule has 1 heterocycles. The molecule has 3 heteroatoms. The van der Waals surface area contributed by atoms with Gasteiger partial charge in [-0.15, -0.1) is 11.3 Å². The summed E-state index contributed by atoms with van der Waals surface area (Å²) in [6.45, 7) is 6.75. The van der Waals surface area contributed by atoms with Gasteiger partial charge in [-0.1, -0.05) is 32.4 Å². The Labute approximate surface area is 95.5 Å². The molecule has 1 aromatic heterocycles. The zero-order valence-corrected chi connectivity index (χ0v) is 10.8. The molecule has 0 fully saturated rings. The lowest BCUT2D eigenvalue weighted by Crippen LogP contribution is -2.21. The van der Waals surface area contributed by atoms with Crippen LogP contribution in [0, 0.1) is 5.41 Å². The van der Waals surface area contributed by atoms with Crippen molar-refractivity contribution >= 4 is 22.9 Å². The first kappa shape index (κ1) is 12.0. The molecule has 80 valence electrons. The summed E-state index contributed by atoms with van der Waals surface area (Å²) >= 11 is 7.84. The minimum Gasteiger partial charge on any atom is -0.312 e. The van der Waals surface area contributed by atoms with Gasteiger partial charge in [0.2, 0.25) is 0 Å². The van der Waals surface area contributed by atoms with Crippen LogP contribution in [0.4, 0.5) is 0 Å². The fraction of sp³-hybridized carbons (Fsp3) is 0.636. The second kappa shape index (κ2) is 4.65. The third kappa shape index (κ3) is 3.26. The highest BCUT2D eigenvalue weighted by Crippen LogP contribution is 2.35. The van der Waals surface area contributed by atoms with Crippen molar-refractivity contribution in [1.82, 2.24) is 5.32 Å². The maximum atomic E-state index is 6.11. The van der Waals surface area contributed by atoms with Crippen LogP contribution < -0.4 is 5.32 Å². The van der Waals surface area contributed by atoms with E-state index in [1.807, 2.05) is 18.5 Å². The van der Waals surface area contributed by atoms with Crippen molar-refractivity contribution in [2.24, 2.45) is 5.41 Å². The minimum atomic E-state index is 0.320. The largest absolute Gasteiger partial charge is 0.312 e. The third-order valence-electron chi connectivity index (χ3n) is 2.13. The number of hydrogen-bond acceptors (Lipinski definition) is 2. The molecule has 0 saturated carbocycles. The van der Waals surface area contributed by atoms with Gasteiger partial charge in [0.1, 0.15) is 0 Å². The molecule has 0 aliphatic heterocycles. The van der Waals surface area contributed by atoms with Crippen LogP contribution >= 0.6 is 22.9 Å². The summed E-state index contributed by atoms with van der Waals surface area (Å²) in [5.74, 6) is 0. The van der Waals surface area contributed by atoms with Crippen molar-refractivity contribution in [3.05, 3.63) is 21.3 Å². The molecule has 0 aromatic carbocycles. The second-order valence-electron chi connectivity index (χ2n) is 4.74. The molecule has 1 N–H and O–H groups in total. The second-order valence-corrected chi connectivity index (χ2v) is 6.09. The fourth-order valence-electron chi connectivity index (χ4n) is 1.49. The van der Waals surface area contributed by atoms with Crippen LogP contribution in [-0.2, 0) is 0 Å². The highest BCUT2D eigenvalue weighted by atomic mass is 35.5. The number of hydrogen-bond donors (Lipinski definition) is 1. The van der Waals surface area contributed by atoms with Gasteiger partial charge < -0.3 is 5.32 Å². The summed E-state index contributed by atoms with van der Waals surface area (Å²) in [5, 5.41) is 6.26. The molecule has 0 bridgehead atoms. The van der Waals surface area contributed by atoms with Gasteiger partial charge in [-0.05, 0) is 30.3 Å². The normalized spacial score (nSPS) is 14.4. The molecule has 0 saturated heterocycles. The molecule has 0 aliphatic rings. The van der Waals surface area contributed by atoms with E-state index in [4.69, 9.17) is 11.6 Å². The molecule has 0 radical (unpaired) electrons. The van der Waals surface area contributed by atoms with E-state index in [-0.39, 0.29) is 0 Å². The average Bonchev–Trinajstić information content (AvgIpc) is 2.45. The Morgan fingerprint density at radius 2 is 2.14 bits per heavy atom. The molecular formula is C11H18ClNS. The van der Waals surface area contributed by atoms with E-state index in [0.29, 0.717) is 11.5 Å². The lowest BCUT2D eigenvalue weighted by atomic mass is 9.87. The average molecular weight is 232 g/mol. The molecule has 1 nitrogen and oxygen atoms in total. The van der Waals surface area contributed by atoms with Gasteiger partial charge in [-0.2, -0.15) is 0 Å². The van der Waals surface area contributed by atoms with E-state index in [0.717, 1.165) is 11.4 Å². The zero-order chi connectivity index (χ0) is 10.8. The monoisotopic (exact) mass is 231 g/mol. The summed E-state index contributed by atoms with van der Waals surface area (Å²) in [5.41, 5.74) is 0.320. The van der Waals surface area contributed by atoms with Gasteiger partial charge >= 0.3 is 0 Å². The van der Waals surface area contributed by atoms with Crippen molar-refractivity contribution < 1.29 is 0 Å². The fourth-order valence-corrected chi connectivity index (χ4v) is 2.79. The number of nitrogens with one attached hydrogen (secondary N) is 1. The van der Waals surface area contributed by atoms with Crippen molar-refractivity contribution in [3.63, 3.8) is 0 Å². The van der Waals surface area contributed by atoms with Gasteiger partial charge in [0.25, 0.3) is 0 Å². The van der Waals surface area contributed by atoms with Gasteiger partial charge in [0.05, 0.1) is 5.02 Å². The highest BCUT2D eigenvalue weighted by Gasteiger charge is 2.21. The molecule has 14 heavy (non-hydrogen) atoms. The molecule has 1 atom stereocenters. The van der Waals surface area contributed by atoms with Crippen LogP contribution in [0.5, 0.6) is 0 Å². The summed E-state index contributed by atoms with van der Waals surface area (Å²) < 4.78 is 0. The first-order valence-corrected chi connectivity index (χ1v) is 6.10. The van der Waals surface area contributed by atoms with Gasteiger partial charge in [-0.25, -0.2) is 0 Å². The molecule has 1 aromatic rings. The quantitative estimate of drug-likeness (QED) is 0.826. The minimum absolute atomic E-state index is 0.320. The van der Waals surface area contributed by atoms with E-state index in [1.54, 1.807) is 11.3 Å². The Balaban J connectivity index is 2.78. The van der Waals surface area contributed by atoms with Crippen molar-refractivity contribution in [3.8, 4) is 0 Å². The van der Waals surface area contributed by atoms with E-state index < -0.39 is 0 Å². The van der Waals surface area contributed by atoms with Crippen molar-refractivity contribution in [1.29, 1.82) is 0 Å². The lowest BCUT2D eigenvalue weighted by Gasteiger charge is -2.25. The summed E-state index contributed by atoms with van der Waals surface area (Å²) in [7, 11) is 1.99. The van der Waals surface area contributed by atoms with Crippen LogP contribution in [0.25, 0.3) is 0 Å². The summed E-state index contributed by atoms with van der Waals surface area (Å²) in [6.07, 6.45) is 1.10. The Kier molecular flexibility index (Phi) is 3.99. The maximum absolute atomic E-state index is 6.11. The van der Waals surface area contributed by atoms with Crippen molar-refractivity contribution in [2.45, 2.75) is 33.2 Å². The van der Waals surface area contributed by atoms with Gasteiger partial charge in [-0.3, -0.25) is 0 Å². The first-order valence-electron chi connectivity index (χ1n) is 4.84. The van der Waals surface area contributed by atoms with Crippen LogP contribution in [0.15, 0.2) is 11.4 Å². The first-order chi connectivity index (χ1) is 6.44. The van der Waals surface area contributed by atoms with Crippen LogP contribution in [0.2, 0.25) is 5.02 Å². The SMILES string of the molecule is CNC(CC(C)(C)C)c1sccc1Cl. The molecular weight excluding hydrogens is 214 g/mol. The van der Waals surface area contributed by atoms with E-state index >= 15 is 0 Å². The molecule has 1 rings (SSSR count). The number of thiophene rings is 1. The van der Waals surface area contributed by atoms with Crippen LogP contribution in [0.1, 0.15) is 38.1 Å². The van der Waals surface area contributed by atoms with Crippen LogP contribution in [-0.4, -0.2) is 7.05 Å². The lowest BCUT2D eigenvalue weighted by molar-refractivity contribution is 0.323. The van der Waals surface area contributed by atoms with E-state index in [2.05, 4.69) is 26.1 Å². The van der Waals surface area contributed by atoms with E-state index in [1.165, 1.54) is 4.88 Å². The number of halogens is 1. The standard InChI is InChI=1S/C11H18ClNS/c1-11(2,3)7-9(13-4)10-8(12)5-6-14-10/h5-6,9,13H,7H2,1-4H3. The predicted molar refractivity (Wildman–Crippen MR) is 65.2 cm³/mol. The Morgan fingerprint density at radius 1 is 1.50 bits per heavy atom. The Hall–Kier alpha value is -0.0500. The van der Waals surface area contributed by atoms with Gasteiger partial charge in [0.15, 0.2) is 0 Å².